The second-order valence-electron chi connectivity index (χ2n) is 11.8. The van der Waals surface area contributed by atoms with E-state index in [0.717, 1.165) is 32.4 Å². The van der Waals surface area contributed by atoms with Crippen molar-refractivity contribution in [1.82, 2.24) is 10.2 Å². The van der Waals surface area contributed by atoms with E-state index in [0.29, 0.717) is 24.9 Å². The number of unbranched alkanes of at least 4 members (excludes halogenated alkanes) is 14. The van der Waals surface area contributed by atoms with Crippen molar-refractivity contribution in [2.45, 2.75) is 162 Å². The van der Waals surface area contributed by atoms with E-state index in [9.17, 15) is 10.2 Å². The number of rotatable bonds is 28. The molecule has 4 atom stereocenters. The van der Waals surface area contributed by atoms with E-state index < -0.39 is 0 Å². The van der Waals surface area contributed by atoms with Crippen molar-refractivity contribution in [3.8, 4) is 0 Å². The van der Waals surface area contributed by atoms with Crippen molar-refractivity contribution in [3.63, 3.8) is 0 Å². The Kier molecular flexibility index (Phi) is 26.3. The highest BCUT2D eigenvalue weighted by molar-refractivity contribution is 4.75. The third-order valence-electron chi connectivity index (χ3n) is 8.13. The molecule has 0 saturated carbocycles. The lowest BCUT2D eigenvalue weighted by atomic mass is 9.94. The summed E-state index contributed by atoms with van der Waals surface area (Å²) in [5.41, 5.74) is 0. The zero-order valence-electron chi connectivity index (χ0n) is 25.4. The topological polar surface area (TPSA) is 55.7 Å². The summed E-state index contributed by atoms with van der Waals surface area (Å²) < 4.78 is 0. The van der Waals surface area contributed by atoms with E-state index in [-0.39, 0.29) is 12.2 Å². The van der Waals surface area contributed by atoms with Crippen molar-refractivity contribution in [1.29, 1.82) is 0 Å². The molecule has 0 heterocycles. The first-order valence-corrected chi connectivity index (χ1v) is 16.2. The first-order valence-electron chi connectivity index (χ1n) is 16.2. The van der Waals surface area contributed by atoms with E-state index >= 15 is 0 Å². The summed E-state index contributed by atoms with van der Waals surface area (Å²) in [7, 11) is 1.99. The summed E-state index contributed by atoms with van der Waals surface area (Å²) in [5, 5.41) is 25.1. The lowest BCUT2D eigenvalue weighted by molar-refractivity contribution is 0.0251. The Balaban J connectivity index is 4.27. The maximum absolute atomic E-state index is 10.9. The third kappa shape index (κ3) is 21.9. The summed E-state index contributed by atoms with van der Waals surface area (Å²) in [6.45, 7) is 12.2. The van der Waals surface area contributed by atoms with Gasteiger partial charge in [-0.25, -0.2) is 0 Å². The summed E-state index contributed by atoms with van der Waals surface area (Å²) >= 11 is 0. The Hall–Kier alpha value is -0.160. The Bertz CT molecular complexity index is 400. The van der Waals surface area contributed by atoms with Gasteiger partial charge in [-0.05, 0) is 51.2 Å². The van der Waals surface area contributed by atoms with Gasteiger partial charge in [0.15, 0.2) is 0 Å². The molecule has 0 rings (SSSR count). The molecule has 0 aromatic rings. The van der Waals surface area contributed by atoms with Gasteiger partial charge in [-0.1, -0.05) is 130 Å². The quantitative estimate of drug-likeness (QED) is 0.0931. The molecule has 4 heteroatoms. The molecule has 3 N–H and O–H groups in total. The van der Waals surface area contributed by atoms with E-state index in [2.05, 4.69) is 37.9 Å². The van der Waals surface area contributed by atoms with E-state index in [1.54, 1.807) is 0 Å². The predicted molar refractivity (Wildman–Crippen MR) is 160 cm³/mol. The van der Waals surface area contributed by atoms with Crippen LogP contribution in [0.1, 0.15) is 150 Å². The van der Waals surface area contributed by atoms with Crippen molar-refractivity contribution in [2.24, 2.45) is 11.8 Å². The third-order valence-corrected chi connectivity index (χ3v) is 8.13. The molecule has 0 saturated heterocycles. The van der Waals surface area contributed by atoms with Crippen LogP contribution in [0.3, 0.4) is 0 Å². The van der Waals surface area contributed by atoms with Crippen molar-refractivity contribution in [2.75, 3.05) is 33.2 Å². The second kappa shape index (κ2) is 26.4. The smallest absolute Gasteiger partial charge is 0.0692 e. The van der Waals surface area contributed by atoms with E-state index in [1.807, 2.05) is 7.05 Å². The van der Waals surface area contributed by atoms with Gasteiger partial charge in [0.05, 0.1) is 12.2 Å². The molecule has 0 spiro atoms. The Morgan fingerprint density at radius 3 is 1.28 bits per heavy atom. The highest BCUT2D eigenvalue weighted by Gasteiger charge is 2.22. The van der Waals surface area contributed by atoms with Crippen LogP contribution in [0.5, 0.6) is 0 Å². The molecular weight excluding hydrogens is 444 g/mol. The van der Waals surface area contributed by atoms with Gasteiger partial charge in [-0.15, -0.1) is 0 Å². The van der Waals surface area contributed by atoms with Crippen LogP contribution < -0.4 is 5.32 Å². The molecule has 4 unspecified atom stereocenters. The Labute approximate surface area is 227 Å². The van der Waals surface area contributed by atoms with Crippen LogP contribution in [-0.2, 0) is 0 Å². The van der Waals surface area contributed by atoms with Crippen LogP contribution >= 0.6 is 0 Å². The zero-order valence-corrected chi connectivity index (χ0v) is 25.4. The minimum absolute atomic E-state index is 0.306. The monoisotopic (exact) mass is 513 g/mol. The average molecular weight is 513 g/mol. The molecule has 0 amide bonds. The van der Waals surface area contributed by atoms with Crippen LogP contribution in [0.15, 0.2) is 0 Å². The van der Waals surface area contributed by atoms with Gasteiger partial charge < -0.3 is 15.5 Å². The normalized spacial score (nSPS) is 15.3. The maximum Gasteiger partial charge on any atom is 0.0692 e. The largest absolute Gasteiger partial charge is 0.392 e. The Morgan fingerprint density at radius 2 is 0.917 bits per heavy atom. The molecule has 0 aromatic carbocycles. The molecule has 0 aromatic heterocycles. The first kappa shape index (κ1) is 35.8. The number of aliphatic hydroxyl groups is 2. The molecule has 0 aliphatic heterocycles. The molecule has 0 aliphatic carbocycles. The van der Waals surface area contributed by atoms with Crippen LogP contribution in [0, 0.1) is 11.8 Å². The molecule has 0 fully saturated rings. The molecule has 218 valence electrons. The van der Waals surface area contributed by atoms with Crippen molar-refractivity contribution in [3.05, 3.63) is 0 Å². The SMILES string of the molecule is CCCCCCCCCCC(C)C(O)CN(CCCNC)CC(O)C(C)CCCCCCCCCC. The van der Waals surface area contributed by atoms with Crippen LogP contribution in [0.2, 0.25) is 0 Å². The summed E-state index contributed by atoms with van der Waals surface area (Å²) in [6.07, 6.45) is 24.0. The number of hydrogen-bond donors (Lipinski definition) is 3. The van der Waals surface area contributed by atoms with Crippen LogP contribution in [-0.4, -0.2) is 60.5 Å². The standard InChI is InChI=1S/C32H68N2O2/c1-6-8-10-12-14-16-18-20-23-29(3)31(35)27-34(26-22-25-33-5)28-32(36)30(4)24-21-19-17-15-13-11-9-7-2/h29-33,35-36H,6-28H2,1-5H3. The average Bonchev–Trinajstić information content (AvgIpc) is 2.86. The molecule has 36 heavy (non-hydrogen) atoms. The molecule has 0 radical (unpaired) electrons. The maximum atomic E-state index is 10.9. The van der Waals surface area contributed by atoms with Crippen LogP contribution in [0.25, 0.3) is 0 Å². The summed E-state index contributed by atoms with van der Waals surface area (Å²) in [6, 6.07) is 0. The fraction of sp³-hybridized carbons (Fsp3) is 1.00. The zero-order chi connectivity index (χ0) is 26.9. The van der Waals surface area contributed by atoms with E-state index in [1.165, 1.54) is 103 Å². The minimum atomic E-state index is -0.306. The fourth-order valence-electron chi connectivity index (χ4n) is 5.21. The fourth-order valence-corrected chi connectivity index (χ4v) is 5.21. The number of aliphatic hydroxyl groups excluding tert-OH is 2. The van der Waals surface area contributed by atoms with Gasteiger partial charge in [0.25, 0.3) is 0 Å². The van der Waals surface area contributed by atoms with Gasteiger partial charge in [0.2, 0.25) is 0 Å². The van der Waals surface area contributed by atoms with Crippen molar-refractivity contribution >= 4 is 0 Å². The lowest BCUT2D eigenvalue weighted by Crippen LogP contribution is -2.42. The number of nitrogens with one attached hydrogen (secondary N) is 1. The van der Waals surface area contributed by atoms with Gasteiger partial charge in [-0.2, -0.15) is 0 Å². The summed E-state index contributed by atoms with van der Waals surface area (Å²) in [4.78, 5) is 2.32. The second-order valence-corrected chi connectivity index (χ2v) is 11.8. The van der Waals surface area contributed by atoms with Crippen LogP contribution in [0.4, 0.5) is 0 Å². The van der Waals surface area contributed by atoms with Gasteiger partial charge in [0.1, 0.15) is 0 Å². The van der Waals surface area contributed by atoms with E-state index in [4.69, 9.17) is 0 Å². The van der Waals surface area contributed by atoms with Gasteiger partial charge in [-0.3, -0.25) is 4.90 Å². The predicted octanol–water partition coefficient (Wildman–Crippen LogP) is 7.95. The number of nitrogens with zero attached hydrogens (tertiary/aromatic N) is 1. The minimum Gasteiger partial charge on any atom is -0.392 e. The number of hydrogen-bond acceptors (Lipinski definition) is 4. The first-order chi connectivity index (χ1) is 17.5. The molecular formula is C32H68N2O2. The van der Waals surface area contributed by atoms with Crippen molar-refractivity contribution < 1.29 is 10.2 Å². The van der Waals surface area contributed by atoms with Gasteiger partial charge >= 0.3 is 0 Å². The van der Waals surface area contributed by atoms with Gasteiger partial charge in [0, 0.05) is 13.1 Å². The Morgan fingerprint density at radius 1 is 0.556 bits per heavy atom. The highest BCUT2D eigenvalue weighted by atomic mass is 16.3. The summed E-state index contributed by atoms with van der Waals surface area (Å²) in [5.74, 6) is 0.646. The molecule has 0 bridgehead atoms. The lowest BCUT2D eigenvalue weighted by Gasteiger charge is -2.31. The molecule has 4 nitrogen and oxygen atoms in total. The molecule has 0 aliphatic rings. The highest BCUT2D eigenvalue weighted by Crippen LogP contribution is 2.19.